The maximum absolute atomic E-state index is 11.9. The number of rotatable bonds is 4. The van der Waals surface area contributed by atoms with Crippen molar-refractivity contribution in [3.05, 3.63) is 53.5 Å². The predicted octanol–water partition coefficient (Wildman–Crippen LogP) is 1.76. The van der Waals surface area contributed by atoms with Gasteiger partial charge in [-0.25, -0.2) is 4.98 Å². The van der Waals surface area contributed by atoms with E-state index in [1.54, 1.807) is 37.8 Å². The standard InChI is InChI=1S/C14H16N4O/c1-10-7-16-6-5-11(10)8-18-14(19)12-3-4-13(15-2)17-9-12/h3-7,9H,8H2,1-2H3,(H,15,17)(H,18,19). The van der Waals surface area contributed by atoms with Crippen molar-refractivity contribution in [3.8, 4) is 0 Å². The molecule has 5 heteroatoms. The Hall–Kier alpha value is -2.43. The molecule has 0 aromatic carbocycles. The fourth-order valence-electron chi connectivity index (χ4n) is 1.65. The van der Waals surface area contributed by atoms with E-state index in [4.69, 9.17) is 0 Å². The molecule has 2 heterocycles. The van der Waals surface area contributed by atoms with Crippen molar-refractivity contribution >= 4 is 11.7 Å². The van der Waals surface area contributed by atoms with Crippen molar-refractivity contribution in [1.29, 1.82) is 0 Å². The summed E-state index contributed by atoms with van der Waals surface area (Å²) >= 11 is 0. The fraction of sp³-hybridized carbons (Fsp3) is 0.214. The highest BCUT2D eigenvalue weighted by molar-refractivity contribution is 5.94. The maximum Gasteiger partial charge on any atom is 0.253 e. The Bertz CT molecular complexity index is 566. The van der Waals surface area contributed by atoms with Gasteiger partial charge in [0.25, 0.3) is 5.91 Å². The van der Waals surface area contributed by atoms with Crippen molar-refractivity contribution < 1.29 is 4.79 Å². The lowest BCUT2D eigenvalue weighted by Crippen LogP contribution is -2.23. The molecule has 98 valence electrons. The first kappa shape index (κ1) is 13.0. The molecule has 1 amide bonds. The molecule has 2 rings (SSSR count). The summed E-state index contributed by atoms with van der Waals surface area (Å²) in [5.74, 6) is 0.605. The van der Waals surface area contributed by atoms with E-state index >= 15 is 0 Å². The summed E-state index contributed by atoms with van der Waals surface area (Å²) < 4.78 is 0. The van der Waals surface area contributed by atoms with Gasteiger partial charge in [-0.2, -0.15) is 0 Å². The molecule has 0 spiro atoms. The Morgan fingerprint density at radius 2 is 2.11 bits per heavy atom. The Morgan fingerprint density at radius 3 is 2.74 bits per heavy atom. The van der Waals surface area contributed by atoms with Crippen LogP contribution in [0.1, 0.15) is 21.5 Å². The van der Waals surface area contributed by atoms with Gasteiger partial charge in [-0.1, -0.05) is 0 Å². The van der Waals surface area contributed by atoms with Crippen molar-refractivity contribution in [3.63, 3.8) is 0 Å². The van der Waals surface area contributed by atoms with Crippen LogP contribution in [0.4, 0.5) is 5.82 Å². The highest BCUT2D eigenvalue weighted by Crippen LogP contribution is 2.06. The van der Waals surface area contributed by atoms with Gasteiger partial charge >= 0.3 is 0 Å². The third-order valence-electron chi connectivity index (χ3n) is 2.86. The Balaban J connectivity index is 1.99. The Morgan fingerprint density at radius 1 is 1.26 bits per heavy atom. The van der Waals surface area contributed by atoms with Crippen LogP contribution in [0.2, 0.25) is 0 Å². The van der Waals surface area contributed by atoms with Crippen LogP contribution in [0.5, 0.6) is 0 Å². The molecular weight excluding hydrogens is 240 g/mol. The smallest absolute Gasteiger partial charge is 0.253 e. The van der Waals surface area contributed by atoms with Crippen LogP contribution in [0, 0.1) is 6.92 Å². The number of carbonyl (C=O) groups is 1. The lowest BCUT2D eigenvalue weighted by molar-refractivity contribution is 0.0950. The molecule has 5 nitrogen and oxygen atoms in total. The van der Waals surface area contributed by atoms with Crippen LogP contribution in [0.3, 0.4) is 0 Å². The van der Waals surface area contributed by atoms with Gasteiger partial charge in [-0.3, -0.25) is 9.78 Å². The summed E-state index contributed by atoms with van der Waals surface area (Å²) in [6.07, 6.45) is 5.06. The zero-order chi connectivity index (χ0) is 13.7. The summed E-state index contributed by atoms with van der Waals surface area (Å²) in [7, 11) is 1.79. The second kappa shape index (κ2) is 5.95. The van der Waals surface area contributed by atoms with Crippen molar-refractivity contribution in [1.82, 2.24) is 15.3 Å². The van der Waals surface area contributed by atoms with Gasteiger partial charge < -0.3 is 10.6 Å². The van der Waals surface area contributed by atoms with Crippen molar-refractivity contribution in [2.75, 3.05) is 12.4 Å². The molecule has 2 aromatic heterocycles. The van der Waals surface area contributed by atoms with Crippen LogP contribution in [0.25, 0.3) is 0 Å². The van der Waals surface area contributed by atoms with Crippen LogP contribution in [0.15, 0.2) is 36.8 Å². The molecule has 2 N–H and O–H groups in total. The largest absolute Gasteiger partial charge is 0.373 e. The molecule has 0 radical (unpaired) electrons. The minimum Gasteiger partial charge on any atom is -0.373 e. The highest BCUT2D eigenvalue weighted by Gasteiger charge is 2.06. The monoisotopic (exact) mass is 256 g/mol. The first-order chi connectivity index (χ1) is 9.20. The molecule has 0 aliphatic rings. The van der Waals surface area contributed by atoms with E-state index in [0.29, 0.717) is 12.1 Å². The van der Waals surface area contributed by atoms with Gasteiger partial charge in [0.15, 0.2) is 0 Å². The molecule has 0 fully saturated rings. The van der Waals surface area contributed by atoms with E-state index in [2.05, 4.69) is 20.6 Å². The summed E-state index contributed by atoms with van der Waals surface area (Å²) in [6, 6.07) is 5.41. The van der Waals surface area contributed by atoms with E-state index in [0.717, 1.165) is 16.9 Å². The fourth-order valence-corrected chi connectivity index (χ4v) is 1.65. The quantitative estimate of drug-likeness (QED) is 0.874. The van der Waals surface area contributed by atoms with E-state index in [9.17, 15) is 4.79 Å². The first-order valence-electron chi connectivity index (χ1n) is 6.02. The zero-order valence-corrected chi connectivity index (χ0v) is 11.0. The van der Waals surface area contributed by atoms with Crippen molar-refractivity contribution in [2.24, 2.45) is 0 Å². The summed E-state index contributed by atoms with van der Waals surface area (Å²) in [4.78, 5) is 20.1. The molecular formula is C14H16N4O. The number of amides is 1. The predicted molar refractivity (Wildman–Crippen MR) is 73.9 cm³/mol. The molecule has 0 aliphatic heterocycles. The van der Waals surface area contributed by atoms with E-state index in [-0.39, 0.29) is 5.91 Å². The molecule has 0 aliphatic carbocycles. The minimum atomic E-state index is -0.133. The second-order valence-electron chi connectivity index (χ2n) is 4.17. The van der Waals surface area contributed by atoms with Gasteiger partial charge in [0.05, 0.1) is 5.56 Å². The molecule has 0 unspecified atom stereocenters. The Kier molecular flexibility index (Phi) is 4.07. The second-order valence-corrected chi connectivity index (χ2v) is 4.17. The van der Waals surface area contributed by atoms with Gasteiger partial charge in [0.1, 0.15) is 5.82 Å². The number of aromatic nitrogens is 2. The highest BCUT2D eigenvalue weighted by atomic mass is 16.1. The van der Waals surface area contributed by atoms with Crippen LogP contribution in [-0.2, 0) is 6.54 Å². The van der Waals surface area contributed by atoms with Crippen LogP contribution >= 0.6 is 0 Å². The average Bonchev–Trinajstić information content (AvgIpc) is 2.46. The Labute approximate surface area is 112 Å². The summed E-state index contributed by atoms with van der Waals surface area (Å²) in [6.45, 7) is 2.46. The molecule has 19 heavy (non-hydrogen) atoms. The van der Waals surface area contributed by atoms with Crippen LogP contribution in [-0.4, -0.2) is 22.9 Å². The van der Waals surface area contributed by atoms with Gasteiger partial charge in [-0.15, -0.1) is 0 Å². The number of aryl methyl sites for hydroxylation is 1. The number of hydrogen-bond donors (Lipinski definition) is 2. The van der Waals surface area contributed by atoms with E-state index in [1.807, 2.05) is 13.0 Å². The van der Waals surface area contributed by atoms with Gasteiger partial charge in [0.2, 0.25) is 0 Å². The average molecular weight is 256 g/mol. The lowest BCUT2D eigenvalue weighted by atomic mass is 10.1. The molecule has 2 aromatic rings. The normalized spacial score (nSPS) is 10.0. The summed E-state index contributed by atoms with van der Waals surface area (Å²) in [5.41, 5.74) is 2.67. The third-order valence-corrected chi connectivity index (χ3v) is 2.86. The van der Waals surface area contributed by atoms with E-state index < -0.39 is 0 Å². The van der Waals surface area contributed by atoms with E-state index in [1.165, 1.54) is 0 Å². The third kappa shape index (κ3) is 3.28. The summed E-state index contributed by atoms with van der Waals surface area (Å²) in [5, 5.41) is 5.78. The van der Waals surface area contributed by atoms with Crippen molar-refractivity contribution in [2.45, 2.75) is 13.5 Å². The van der Waals surface area contributed by atoms with Gasteiger partial charge in [-0.05, 0) is 36.2 Å². The zero-order valence-electron chi connectivity index (χ0n) is 11.0. The van der Waals surface area contributed by atoms with Crippen LogP contribution < -0.4 is 10.6 Å². The topological polar surface area (TPSA) is 66.9 Å². The number of nitrogens with zero attached hydrogens (tertiary/aromatic N) is 2. The SMILES string of the molecule is CNc1ccc(C(=O)NCc2ccncc2C)cn1. The molecule has 0 atom stereocenters. The number of nitrogens with one attached hydrogen (secondary N) is 2. The lowest BCUT2D eigenvalue weighted by Gasteiger charge is -2.07. The minimum absolute atomic E-state index is 0.133. The number of hydrogen-bond acceptors (Lipinski definition) is 4. The number of anilines is 1. The molecule has 0 bridgehead atoms. The first-order valence-corrected chi connectivity index (χ1v) is 6.02. The number of carbonyl (C=O) groups excluding carboxylic acids is 1. The molecule has 0 saturated heterocycles. The maximum atomic E-state index is 11.9. The molecule has 0 saturated carbocycles. The number of pyridine rings is 2. The van der Waals surface area contributed by atoms with Gasteiger partial charge in [0, 0.05) is 32.2 Å².